The zero-order valence-corrected chi connectivity index (χ0v) is 13.5. The number of likely N-dealkylation sites (N-methyl/N-ethyl adjacent to an activating group) is 1. The van der Waals surface area contributed by atoms with Crippen LogP contribution in [0.5, 0.6) is 0 Å². The van der Waals surface area contributed by atoms with Gasteiger partial charge in [0.15, 0.2) is 0 Å². The van der Waals surface area contributed by atoms with Crippen LogP contribution in [0, 0.1) is 5.92 Å². The van der Waals surface area contributed by atoms with E-state index in [0.29, 0.717) is 17.2 Å². The number of carbonyl (C=O) groups is 1. The third kappa shape index (κ3) is 5.20. The molecule has 4 nitrogen and oxygen atoms in total. The molecule has 0 aromatic heterocycles. The molecule has 1 aromatic carbocycles. The van der Waals surface area contributed by atoms with Crippen molar-refractivity contribution in [2.24, 2.45) is 5.92 Å². The Kier molecular flexibility index (Phi) is 5.82. The van der Waals surface area contributed by atoms with Crippen molar-refractivity contribution in [3.05, 3.63) is 28.2 Å². The zero-order chi connectivity index (χ0) is 14.6. The van der Waals surface area contributed by atoms with Crippen LogP contribution in [0.2, 0.25) is 0 Å². The predicted octanol–water partition coefficient (Wildman–Crippen LogP) is 2.35. The highest BCUT2D eigenvalue weighted by Crippen LogP contribution is 2.17. The minimum atomic E-state index is -0.0893. The van der Waals surface area contributed by atoms with Crippen LogP contribution in [-0.2, 0) is 0 Å². The van der Waals surface area contributed by atoms with Crippen LogP contribution < -0.4 is 11.1 Å². The SMILES string of the molecule is CC(C)C(CN(C)C)NC(=O)c1cc(N)cc(Br)c1. The number of amides is 1. The Bertz CT molecular complexity index is 426. The highest BCUT2D eigenvalue weighted by molar-refractivity contribution is 9.10. The van der Waals surface area contributed by atoms with Gasteiger partial charge >= 0.3 is 0 Å². The lowest BCUT2D eigenvalue weighted by atomic mass is 10.0. The lowest BCUT2D eigenvalue weighted by Crippen LogP contribution is -2.45. The third-order valence-corrected chi connectivity index (χ3v) is 3.32. The molecule has 1 rings (SSSR count). The van der Waals surface area contributed by atoms with Crippen LogP contribution in [-0.4, -0.2) is 37.5 Å². The molecule has 1 atom stereocenters. The number of hydrogen-bond donors (Lipinski definition) is 2. The monoisotopic (exact) mass is 327 g/mol. The number of halogens is 1. The average molecular weight is 328 g/mol. The molecule has 3 N–H and O–H groups in total. The van der Waals surface area contributed by atoms with E-state index < -0.39 is 0 Å². The summed E-state index contributed by atoms with van der Waals surface area (Å²) in [4.78, 5) is 14.3. The van der Waals surface area contributed by atoms with Crippen LogP contribution in [0.25, 0.3) is 0 Å². The third-order valence-electron chi connectivity index (χ3n) is 2.87. The molecule has 0 radical (unpaired) electrons. The number of carbonyl (C=O) groups excluding carboxylic acids is 1. The largest absolute Gasteiger partial charge is 0.399 e. The maximum atomic E-state index is 12.2. The van der Waals surface area contributed by atoms with Crippen LogP contribution in [0.15, 0.2) is 22.7 Å². The van der Waals surface area contributed by atoms with E-state index >= 15 is 0 Å². The summed E-state index contributed by atoms with van der Waals surface area (Å²) < 4.78 is 0.811. The van der Waals surface area contributed by atoms with Gasteiger partial charge in [0.2, 0.25) is 0 Å². The molecule has 0 heterocycles. The first kappa shape index (κ1) is 16.0. The molecule has 0 spiro atoms. The molecule has 1 aromatic rings. The first-order valence-corrected chi connectivity index (χ1v) is 7.10. The van der Waals surface area contributed by atoms with E-state index in [4.69, 9.17) is 5.73 Å². The van der Waals surface area contributed by atoms with Gasteiger partial charge in [-0.1, -0.05) is 29.8 Å². The van der Waals surface area contributed by atoms with Gasteiger partial charge in [-0.05, 0) is 38.2 Å². The number of benzene rings is 1. The van der Waals surface area contributed by atoms with Crippen molar-refractivity contribution < 1.29 is 4.79 Å². The second kappa shape index (κ2) is 6.91. The number of nitrogens with two attached hydrogens (primary N) is 1. The van der Waals surface area contributed by atoms with E-state index in [1.807, 2.05) is 14.1 Å². The topological polar surface area (TPSA) is 58.4 Å². The second-order valence-corrected chi connectivity index (χ2v) is 6.28. The van der Waals surface area contributed by atoms with Crippen LogP contribution >= 0.6 is 15.9 Å². The minimum absolute atomic E-state index is 0.0893. The molecule has 0 aliphatic rings. The Balaban J connectivity index is 2.81. The van der Waals surface area contributed by atoms with Gasteiger partial charge in [-0.25, -0.2) is 0 Å². The first-order valence-electron chi connectivity index (χ1n) is 6.31. The number of nitrogen functional groups attached to an aromatic ring is 1. The Labute approximate surface area is 123 Å². The first-order chi connectivity index (χ1) is 8.79. The van der Waals surface area contributed by atoms with Crippen molar-refractivity contribution in [3.63, 3.8) is 0 Å². The van der Waals surface area contributed by atoms with Gasteiger partial charge in [-0.2, -0.15) is 0 Å². The summed E-state index contributed by atoms with van der Waals surface area (Å²) >= 11 is 3.35. The molecule has 1 unspecified atom stereocenters. The molecule has 0 aliphatic heterocycles. The molecular weight excluding hydrogens is 306 g/mol. The van der Waals surface area contributed by atoms with E-state index in [9.17, 15) is 4.79 Å². The van der Waals surface area contributed by atoms with Crippen molar-refractivity contribution in [1.82, 2.24) is 10.2 Å². The molecule has 19 heavy (non-hydrogen) atoms. The standard InChI is InChI=1S/C14H22BrN3O/c1-9(2)13(8-18(3)4)17-14(19)10-5-11(15)7-12(16)6-10/h5-7,9,13H,8,16H2,1-4H3,(H,17,19). The predicted molar refractivity (Wildman–Crippen MR) is 83.2 cm³/mol. The fraction of sp³-hybridized carbons (Fsp3) is 0.500. The average Bonchev–Trinajstić information content (AvgIpc) is 2.25. The molecule has 0 aliphatic carbocycles. The molecular formula is C14H22BrN3O. The van der Waals surface area contributed by atoms with Crippen molar-refractivity contribution >= 4 is 27.5 Å². The molecule has 5 heteroatoms. The number of hydrogen-bond acceptors (Lipinski definition) is 3. The molecule has 1 amide bonds. The van der Waals surface area contributed by atoms with E-state index in [2.05, 4.69) is 40.0 Å². The van der Waals surface area contributed by atoms with Crippen LogP contribution in [0.3, 0.4) is 0 Å². The second-order valence-electron chi connectivity index (χ2n) is 5.36. The molecule has 0 fully saturated rings. The van der Waals surface area contributed by atoms with Crippen molar-refractivity contribution in [3.8, 4) is 0 Å². The number of nitrogens with one attached hydrogen (secondary N) is 1. The van der Waals surface area contributed by atoms with Crippen LogP contribution in [0.4, 0.5) is 5.69 Å². The summed E-state index contributed by atoms with van der Waals surface area (Å²) in [6.45, 7) is 5.01. The highest BCUT2D eigenvalue weighted by Gasteiger charge is 2.18. The van der Waals surface area contributed by atoms with E-state index in [1.165, 1.54) is 0 Å². The number of anilines is 1. The van der Waals surface area contributed by atoms with Crippen molar-refractivity contribution in [1.29, 1.82) is 0 Å². The summed E-state index contributed by atoms with van der Waals surface area (Å²) in [5.41, 5.74) is 6.91. The minimum Gasteiger partial charge on any atom is -0.399 e. The van der Waals surface area contributed by atoms with Gasteiger partial charge in [0.05, 0.1) is 0 Å². The van der Waals surface area contributed by atoms with E-state index in [1.54, 1.807) is 18.2 Å². The van der Waals surface area contributed by atoms with Gasteiger partial charge in [-0.3, -0.25) is 4.79 Å². The van der Waals surface area contributed by atoms with Crippen LogP contribution in [0.1, 0.15) is 24.2 Å². The van der Waals surface area contributed by atoms with Gasteiger partial charge in [0, 0.05) is 28.3 Å². The molecule has 106 valence electrons. The maximum absolute atomic E-state index is 12.2. The quantitative estimate of drug-likeness (QED) is 0.816. The molecule has 0 saturated heterocycles. The van der Waals surface area contributed by atoms with Gasteiger partial charge < -0.3 is 16.0 Å². The summed E-state index contributed by atoms with van der Waals surface area (Å²) in [5, 5.41) is 3.06. The summed E-state index contributed by atoms with van der Waals surface area (Å²) in [6.07, 6.45) is 0. The lowest BCUT2D eigenvalue weighted by molar-refractivity contribution is 0.0916. The lowest BCUT2D eigenvalue weighted by Gasteiger charge is -2.25. The molecule has 0 saturated carbocycles. The summed E-state index contributed by atoms with van der Waals surface area (Å²) in [5.74, 6) is 0.282. The normalized spacial score (nSPS) is 12.8. The van der Waals surface area contributed by atoms with Crippen molar-refractivity contribution in [2.45, 2.75) is 19.9 Å². The van der Waals surface area contributed by atoms with Gasteiger partial charge in [0.1, 0.15) is 0 Å². The Morgan fingerprint density at radius 2 is 2.00 bits per heavy atom. The number of rotatable bonds is 5. The highest BCUT2D eigenvalue weighted by atomic mass is 79.9. The van der Waals surface area contributed by atoms with E-state index in [0.717, 1.165) is 11.0 Å². The number of nitrogens with zero attached hydrogens (tertiary/aromatic N) is 1. The van der Waals surface area contributed by atoms with E-state index in [-0.39, 0.29) is 11.9 Å². The Hall–Kier alpha value is -1.07. The smallest absolute Gasteiger partial charge is 0.251 e. The summed E-state index contributed by atoms with van der Waals surface area (Å²) in [7, 11) is 4.00. The fourth-order valence-electron chi connectivity index (χ4n) is 1.81. The zero-order valence-electron chi connectivity index (χ0n) is 11.9. The van der Waals surface area contributed by atoms with Gasteiger partial charge in [0.25, 0.3) is 5.91 Å². The van der Waals surface area contributed by atoms with Crippen molar-refractivity contribution in [2.75, 3.05) is 26.4 Å². The maximum Gasteiger partial charge on any atom is 0.251 e. The molecule has 0 bridgehead atoms. The Morgan fingerprint density at radius 1 is 1.37 bits per heavy atom. The van der Waals surface area contributed by atoms with Gasteiger partial charge in [-0.15, -0.1) is 0 Å². The summed E-state index contributed by atoms with van der Waals surface area (Å²) in [6, 6.07) is 5.35. The Morgan fingerprint density at radius 3 is 2.47 bits per heavy atom. The fourth-order valence-corrected chi connectivity index (χ4v) is 2.32.